The molecule has 0 bridgehead atoms. The molecule has 0 aliphatic carbocycles. The van der Waals surface area contributed by atoms with E-state index in [1.807, 2.05) is 13.8 Å². The van der Waals surface area contributed by atoms with Crippen molar-refractivity contribution in [1.29, 1.82) is 0 Å². The van der Waals surface area contributed by atoms with Crippen molar-refractivity contribution in [1.82, 2.24) is 4.90 Å². The Morgan fingerprint density at radius 2 is 1.50 bits per heavy atom. The molecule has 0 rings (SSSR count). The van der Waals surface area contributed by atoms with Gasteiger partial charge in [0.2, 0.25) is 0 Å². The fourth-order valence-corrected chi connectivity index (χ4v) is 6.00. The van der Waals surface area contributed by atoms with Gasteiger partial charge in [0, 0.05) is 46.7 Å². The van der Waals surface area contributed by atoms with Crippen LogP contribution in [0.25, 0.3) is 0 Å². The van der Waals surface area contributed by atoms with Gasteiger partial charge in [-0.15, -0.1) is 0 Å². The summed E-state index contributed by atoms with van der Waals surface area (Å²) < 4.78 is 18.5. The van der Waals surface area contributed by atoms with Crippen LogP contribution in [0, 0.1) is 0 Å². The van der Waals surface area contributed by atoms with E-state index in [-0.39, 0.29) is 5.54 Å². The Hall–Kier alpha value is 0.274. The lowest BCUT2D eigenvalue weighted by Gasteiger charge is -2.38. The van der Waals surface area contributed by atoms with Crippen LogP contribution < -0.4 is 0 Å². The van der Waals surface area contributed by atoms with Gasteiger partial charge in [-0.3, -0.25) is 4.90 Å². The van der Waals surface area contributed by atoms with Gasteiger partial charge in [0.15, 0.2) is 0 Å². The Kier molecular flexibility index (Phi) is 12.7. The van der Waals surface area contributed by atoms with Gasteiger partial charge in [-0.2, -0.15) is 0 Å². The average Bonchev–Trinajstić information content (AvgIpc) is 2.46. The first kappa shape index (κ1) is 24.3. The van der Waals surface area contributed by atoms with Gasteiger partial charge in [0.05, 0.1) is 0 Å². The van der Waals surface area contributed by atoms with E-state index < -0.39 is 17.6 Å². The van der Waals surface area contributed by atoms with Gasteiger partial charge >= 0.3 is 8.80 Å². The summed E-state index contributed by atoms with van der Waals surface area (Å²) in [6, 6.07) is 2.07. The van der Waals surface area contributed by atoms with Crippen molar-refractivity contribution >= 4 is 17.6 Å². The third-order valence-corrected chi connectivity index (χ3v) is 8.49. The zero-order chi connectivity index (χ0) is 18.6. The number of hydrogen-bond donors (Lipinski definition) is 0. The maximum Gasteiger partial charge on any atom is 0.502 e. The molecule has 0 aliphatic heterocycles. The Labute approximate surface area is 154 Å². The molecule has 0 amide bonds. The molecule has 0 aliphatic rings. The van der Waals surface area contributed by atoms with E-state index in [4.69, 9.17) is 13.3 Å². The summed E-state index contributed by atoms with van der Waals surface area (Å²) in [5.74, 6) is 0. The lowest BCUT2D eigenvalue weighted by molar-refractivity contribution is 0.0619. The molecule has 0 N–H and O–H groups in total. The molecule has 0 atom stereocenters. The molecule has 6 heteroatoms. The van der Waals surface area contributed by atoms with E-state index in [0.29, 0.717) is 13.2 Å². The van der Waals surface area contributed by atoms with Crippen molar-refractivity contribution in [2.24, 2.45) is 0 Å². The molecule has 0 aromatic heterocycles. The standard InChI is InChI=1S/C18H43NO3Si2/c1-9-12-13-19(18(4,5)6)14-17-24(20-10-2,21-11-3)22-15-16-23(7)8/h23H,9-17H2,1-8H3. The zero-order valence-electron chi connectivity index (χ0n) is 17.6. The summed E-state index contributed by atoms with van der Waals surface area (Å²) in [7, 11) is -3.17. The van der Waals surface area contributed by atoms with Crippen LogP contribution in [0.4, 0.5) is 0 Å². The highest BCUT2D eigenvalue weighted by molar-refractivity contribution is 6.61. The van der Waals surface area contributed by atoms with E-state index in [2.05, 4.69) is 45.7 Å². The highest BCUT2D eigenvalue weighted by atomic mass is 28.4. The van der Waals surface area contributed by atoms with Crippen molar-refractivity contribution in [2.45, 2.75) is 85.1 Å². The van der Waals surface area contributed by atoms with Gasteiger partial charge in [-0.05, 0) is 53.6 Å². The van der Waals surface area contributed by atoms with E-state index in [1.54, 1.807) is 0 Å². The van der Waals surface area contributed by atoms with Crippen LogP contribution in [0.3, 0.4) is 0 Å². The third kappa shape index (κ3) is 10.3. The summed E-state index contributed by atoms with van der Waals surface area (Å²) in [4.78, 5) is 2.55. The molecule has 0 heterocycles. The molecular formula is C18H43NO3Si2. The maximum atomic E-state index is 6.29. The van der Waals surface area contributed by atoms with Crippen LogP contribution in [0.2, 0.25) is 25.2 Å². The van der Waals surface area contributed by atoms with Gasteiger partial charge in [0.1, 0.15) is 0 Å². The van der Waals surface area contributed by atoms with Gasteiger partial charge < -0.3 is 13.3 Å². The Balaban J connectivity index is 4.91. The van der Waals surface area contributed by atoms with E-state index in [1.165, 1.54) is 18.9 Å². The van der Waals surface area contributed by atoms with Crippen molar-refractivity contribution in [2.75, 3.05) is 32.9 Å². The first-order valence-electron chi connectivity index (χ1n) is 9.87. The molecule has 0 spiro atoms. The van der Waals surface area contributed by atoms with Crippen LogP contribution in [-0.4, -0.2) is 61.0 Å². The normalized spacial score (nSPS) is 13.2. The molecular weight excluding hydrogens is 334 g/mol. The first-order valence-corrected chi connectivity index (χ1v) is 14.9. The lowest BCUT2D eigenvalue weighted by atomic mass is 10.1. The number of hydrogen-bond acceptors (Lipinski definition) is 4. The zero-order valence-corrected chi connectivity index (χ0v) is 19.8. The van der Waals surface area contributed by atoms with Crippen molar-refractivity contribution < 1.29 is 13.3 Å². The minimum atomic E-state index is -2.56. The Morgan fingerprint density at radius 3 is 1.92 bits per heavy atom. The highest BCUT2D eigenvalue weighted by Gasteiger charge is 2.41. The maximum absolute atomic E-state index is 6.29. The summed E-state index contributed by atoms with van der Waals surface area (Å²) in [6.07, 6.45) is 2.45. The quantitative estimate of drug-likeness (QED) is 0.420. The molecule has 24 heavy (non-hydrogen) atoms. The van der Waals surface area contributed by atoms with Crippen molar-refractivity contribution in [3.63, 3.8) is 0 Å². The highest BCUT2D eigenvalue weighted by Crippen LogP contribution is 2.21. The third-order valence-electron chi connectivity index (χ3n) is 4.16. The second kappa shape index (κ2) is 12.6. The Morgan fingerprint density at radius 1 is 0.917 bits per heavy atom. The molecule has 0 radical (unpaired) electrons. The average molecular weight is 378 g/mol. The predicted molar refractivity (Wildman–Crippen MR) is 110 cm³/mol. The van der Waals surface area contributed by atoms with Gasteiger partial charge in [-0.25, -0.2) is 0 Å². The number of rotatable bonds is 14. The van der Waals surface area contributed by atoms with E-state index in [0.717, 1.165) is 25.7 Å². The monoisotopic (exact) mass is 377 g/mol. The molecule has 4 nitrogen and oxygen atoms in total. The molecule has 0 saturated heterocycles. The molecule has 0 saturated carbocycles. The predicted octanol–water partition coefficient (Wildman–Crippen LogP) is 4.40. The van der Waals surface area contributed by atoms with E-state index in [9.17, 15) is 0 Å². The van der Waals surface area contributed by atoms with Crippen LogP contribution in [0.1, 0.15) is 54.4 Å². The number of nitrogens with zero attached hydrogens (tertiary/aromatic N) is 1. The second-order valence-corrected chi connectivity index (χ2v) is 13.9. The van der Waals surface area contributed by atoms with Crippen LogP contribution in [-0.2, 0) is 13.3 Å². The molecule has 0 aromatic rings. The van der Waals surface area contributed by atoms with E-state index >= 15 is 0 Å². The van der Waals surface area contributed by atoms with Crippen molar-refractivity contribution in [3.05, 3.63) is 0 Å². The smallest absolute Gasteiger partial charge is 0.374 e. The summed E-state index contributed by atoms with van der Waals surface area (Å²) in [5, 5.41) is 0. The fourth-order valence-electron chi connectivity index (χ4n) is 2.63. The number of unbranched alkanes of at least 4 members (excludes halogenated alkanes) is 1. The largest absolute Gasteiger partial charge is 0.502 e. The van der Waals surface area contributed by atoms with Crippen LogP contribution in [0.15, 0.2) is 0 Å². The fraction of sp³-hybridized carbons (Fsp3) is 1.00. The van der Waals surface area contributed by atoms with Crippen LogP contribution in [0.5, 0.6) is 0 Å². The SMILES string of the molecule is CCCCN(CC[Si](OCC)(OCC)OCC[SiH](C)C)C(C)(C)C. The summed E-state index contributed by atoms with van der Waals surface area (Å²) in [6.45, 7) is 22.2. The minimum absolute atomic E-state index is 0.165. The van der Waals surface area contributed by atoms with Crippen molar-refractivity contribution in [3.8, 4) is 0 Å². The minimum Gasteiger partial charge on any atom is -0.374 e. The van der Waals surface area contributed by atoms with Gasteiger partial charge in [-0.1, -0.05) is 26.4 Å². The van der Waals surface area contributed by atoms with Gasteiger partial charge in [0.25, 0.3) is 0 Å². The molecule has 146 valence electrons. The molecule has 0 unspecified atom stereocenters. The van der Waals surface area contributed by atoms with Crippen LogP contribution >= 0.6 is 0 Å². The second-order valence-electron chi connectivity index (χ2n) is 7.84. The lowest BCUT2D eigenvalue weighted by Crippen LogP contribution is -2.51. The molecule has 0 aromatic carbocycles. The topological polar surface area (TPSA) is 30.9 Å². The molecule has 0 fully saturated rings. The Bertz CT molecular complexity index is 303. The first-order chi connectivity index (χ1) is 11.2. The summed E-state index contributed by atoms with van der Waals surface area (Å²) >= 11 is 0. The summed E-state index contributed by atoms with van der Waals surface area (Å²) in [5.41, 5.74) is 0.165.